The molecular formula is C15H13F2NO3. The molecule has 0 bridgehead atoms. The summed E-state index contributed by atoms with van der Waals surface area (Å²) >= 11 is 0. The molecule has 2 aromatic rings. The number of benzene rings is 2. The third-order valence-corrected chi connectivity index (χ3v) is 2.72. The Morgan fingerprint density at radius 3 is 2.71 bits per heavy atom. The Hall–Kier alpha value is -2.63. The number of hydrogen-bond donors (Lipinski definition) is 2. The summed E-state index contributed by atoms with van der Waals surface area (Å²) in [5.74, 6) is -1.97. The van der Waals surface area contributed by atoms with Crippen molar-refractivity contribution in [2.24, 2.45) is 0 Å². The van der Waals surface area contributed by atoms with E-state index in [0.29, 0.717) is 0 Å². The molecule has 21 heavy (non-hydrogen) atoms. The fourth-order valence-electron chi connectivity index (χ4n) is 1.75. The van der Waals surface area contributed by atoms with Crippen molar-refractivity contribution in [1.82, 2.24) is 0 Å². The number of hydrogen-bond acceptors (Lipinski definition) is 3. The van der Waals surface area contributed by atoms with Gasteiger partial charge in [0.25, 0.3) is 0 Å². The standard InChI is InChI=1S/C15H13F2NO3/c16-10-5-6-12(17)13(9-10)18-7-8-21-14-4-2-1-3-11(14)15(19)20/h1-6,9,18H,7-8H2,(H,19,20). The van der Waals surface area contributed by atoms with Gasteiger partial charge in [-0.3, -0.25) is 0 Å². The van der Waals surface area contributed by atoms with Crippen LogP contribution in [0.15, 0.2) is 42.5 Å². The Labute approximate surface area is 120 Å². The molecule has 0 radical (unpaired) electrons. The molecule has 0 amide bonds. The Morgan fingerprint density at radius 2 is 1.95 bits per heavy atom. The van der Waals surface area contributed by atoms with Crippen molar-refractivity contribution in [3.05, 3.63) is 59.7 Å². The summed E-state index contributed by atoms with van der Waals surface area (Å²) in [6.45, 7) is 0.314. The molecule has 6 heteroatoms. The van der Waals surface area contributed by atoms with E-state index in [4.69, 9.17) is 9.84 Å². The van der Waals surface area contributed by atoms with Crippen LogP contribution in [-0.2, 0) is 0 Å². The molecule has 0 aliphatic carbocycles. The second-order valence-electron chi connectivity index (χ2n) is 4.20. The minimum atomic E-state index is -1.09. The van der Waals surface area contributed by atoms with Gasteiger partial charge in [-0.05, 0) is 30.3 Å². The van der Waals surface area contributed by atoms with Gasteiger partial charge in [0, 0.05) is 6.54 Å². The second-order valence-corrected chi connectivity index (χ2v) is 4.20. The number of carbonyl (C=O) groups is 1. The zero-order valence-corrected chi connectivity index (χ0v) is 11.0. The maximum atomic E-state index is 13.3. The van der Waals surface area contributed by atoms with Gasteiger partial charge in [0.15, 0.2) is 0 Å². The molecule has 0 saturated carbocycles. The average Bonchev–Trinajstić information content (AvgIpc) is 2.47. The summed E-state index contributed by atoms with van der Waals surface area (Å²) in [6, 6.07) is 9.31. The van der Waals surface area contributed by atoms with Crippen LogP contribution in [-0.4, -0.2) is 24.2 Å². The number of anilines is 1. The van der Waals surface area contributed by atoms with E-state index in [1.54, 1.807) is 12.1 Å². The Morgan fingerprint density at radius 1 is 1.19 bits per heavy atom. The van der Waals surface area contributed by atoms with Gasteiger partial charge in [0.2, 0.25) is 0 Å². The van der Waals surface area contributed by atoms with Gasteiger partial charge in [-0.15, -0.1) is 0 Å². The topological polar surface area (TPSA) is 58.6 Å². The molecule has 2 N–H and O–H groups in total. The molecular weight excluding hydrogens is 280 g/mol. The highest BCUT2D eigenvalue weighted by molar-refractivity contribution is 5.90. The molecule has 0 heterocycles. The molecule has 0 saturated heterocycles. The van der Waals surface area contributed by atoms with Crippen molar-refractivity contribution < 1.29 is 23.4 Å². The molecule has 0 spiro atoms. The molecule has 0 aliphatic rings. The third-order valence-electron chi connectivity index (χ3n) is 2.72. The van der Waals surface area contributed by atoms with Crippen LogP contribution >= 0.6 is 0 Å². The Bertz CT molecular complexity index is 647. The normalized spacial score (nSPS) is 10.2. The highest BCUT2D eigenvalue weighted by Crippen LogP contribution is 2.18. The maximum absolute atomic E-state index is 13.3. The van der Waals surface area contributed by atoms with E-state index >= 15 is 0 Å². The largest absolute Gasteiger partial charge is 0.491 e. The predicted octanol–water partition coefficient (Wildman–Crippen LogP) is 3.15. The molecule has 0 atom stereocenters. The lowest BCUT2D eigenvalue weighted by Crippen LogP contribution is -2.14. The molecule has 2 rings (SSSR count). The van der Waals surface area contributed by atoms with Crippen molar-refractivity contribution in [1.29, 1.82) is 0 Å². The minimum Gasteiger partial charge on any atom is -0.491 e. The Balaban J connectivity index is 1.91. The van der Waals surface area contributed by atoms with E-state index in [0.717, 1.165) is 18.2 Å². The summed E-state index contributed by atoms with van der Waals surface area (Å²) in [4.78, 5) is 11.0. The minimum absolute atomic E-state index is 0.0325. The Kier molecular flexibility index (Phi) is 4.71. The second kappa shape index (κ2) is 6.69. The number of para-hydroxylation sites is 1. The van der Waals surface area contributed by atoms with Crippen LogP contribution in [0.3, 0.4) is 0 Å². The van der Waals surface area contributed by atoms with Gasteiger partial charge in [-0.25, -0.2) is 13.6 Å². The van der Waals surface area contributed by atoms with Crippen molar-refractivity contribution in [2.75, 3.05) is 18.5 Å². The molecule has 0 unspecified atom stereocenters. The zero-order valence-electron chi connectivity index (χ0n) is 11.0. The summed E-state index contributed by atoms with van der Waals surface area (Å²) in [5, 5.41) is 11.7. The van der Waals surface area contributed by atoms with Gasteiger partial charge in [0.05, 0.1) is 5.69 Å². The molecule has 4 nitrogen and oxygen atoms in total. The number of aromatic carboxylic acids is 1. The first-order valence-corrected chi connectivity index (χ1v) is 6.22. The van der Waals surface area contributed by atoms with Crippen LogP contribution < -0.4 is 10.1 Å². The fraction of sp³-hybridized carbons (Fsp3) is 0.133. The van der Waals surface area contributed by atoms with Crippen molar-refractivity contribution >= 4 is 11.7 Å². The van der Waals surface area contributed by atoms with Crippen LogP contribution in [0.1, 0.15) is 10.4 Å². The van der Waals surface area contributed by atoms with E-state index in [9.17, 15) is 13.6 Å². The SMILES string of the molecule is O=C(O)c1ccccc1OCCNc1cc(F)ccc1F. The molecule has 110 valence electrons. The maximum Gasteiger partial charge on any atom is 0.339 e. The fourth-order valence-corrected chi connectivity index (χ4v) is 1.75. The number of carboxylic acid groups (broad SMARTS) is 1. The van der Waals surface area contributed by atoms with E-state index in [2.05, 4.69) is 5.32 Å². The lowest BCUT2D eigenvalue weighted by Gasteiger charge is -2.11. The monoisotopic (exact) mass is 293 g/mol. The number of rotatable bonds is 6. The highest BCUT2D eigenvalue weighted by Gasteiger charge is 2.09. The quantitative estimate of drug-likeness (QED) is 0.803. The van der Waals surface area contributed by atoms with Gasteiger partial charge in [-0.1, -0.05) is 12.1 Å². The van der Waals surface area contributed by atoms with E-state index < -0.39 is 17.6 Å². The smallest absolute Gasteiger partial charge is 0.339 e. The first kappa shape index (κ1) is 14.8. The lowest BCUT2D eigenvalue weighted by molar-refractivity contribution is 0.0692. The van der Waals surface area contributed by atoms with Crippen molar-refractivity contribution in [3.63, 3.8) is 0 Å². The van der Waals surface area contributed by atoms with Crippen LogP contribution in [0.4, 0.5) is 14.5 Å². The van der Waals surface area contributed by atoms with Crippen molar-refractivity contribution in [3.8, 4) is 5.75 Å². The third kappa shape index (κ3) is 3.92. The van der Waals surface area contributed by atoms with E-state index in [1.165, 1.54) is 12.1 Å². The van der Waals surface area contributed by atoms with Gasteiger partial charge < -0.3 is 15.2 Å². The zero-order chi connectivity index (χ0) is 15.2. The van der Waals surface area contributed by atoms with Gasteiger partial charge in [0.1, 0.15) is 29.6 Å². The van der Waals surface area contributed by atoms with Gasteiger partial charge in [-0.2, -0.15) is 0 Å². The van der Waals surface area contributed by atoms with E-state index in [-0.39, 0.29) is 30.2 Å². The van der Waals surface area contributed by atoms with Crippen LogP contribution in [0.25, 0.3) is 0 Å². The van der Waals surface area contributed by atoms with E-state index in [1.807, 2.05) is 0 Å². The average molecular weight is 293 g/mol. The number of nitrogens with one attached hydrogen (secondary N) is 1. The van der Waals surface area contributed by atoms with Crippen LogP contribution in [0.5, 0.6) is 5.75 Å². The lowest BCUT2D eigenvalue weighted by atomic mass is 10.2. The molecule has 2 aromatic carbocycles. The number of ether oxygens (including phenoxy) is 1. The first-order valence-electron chi connectivity index (χ1n) is 6.22. The molecule has 0 aromatic heterocycles. The summed E-state index contributed by atoms with van der Waals surface area (Å²) in [5.41, 5.74) is 0.0829. The number of carboxylic acids is 1. The van der Waals surface area contributed by atoms with Crippen LogP contribution in [0.2, 0.25) is 0 Å². The molecule has 0 aliphatic heterocycles. The first-order chi connectivity index (χ1) is 10.1. The summed E-state index contributed by atoms with van der Waals surface area (Å²) < 4.78 is 31.6. The predicted molar refractivity (Wildman–Crippen MR) is 73.7 cm³/mol. The summed E-state index contributed by atoms with van der Waals surface area (Å²) in [7, 11) is 0. The van der Waals surface area contributed by atoms with Gasteiger partial charge >= 0.3 is 5.97 Å². The van der Waals surface area contributed by atoms with Crippen LogP contribution in [0, 0.1) is 11.6 Å². The van der Waals surface area contributed by atoms with Crippen molar-refractivity contribution in [2.45, 2.75) is 0 Å². The highest BCUT2D eigenvalue weighted by atomic mass is 19.1. The molecule has 0 fully saturated rings. The number of halogens is 2. The summed E-state index contributed by atoms with van der Waals surface area (Å²) in [6.07, 6.45) is 0.